The summed E-state index contributed by atoms with van der Waals surface area (Å²) in [4.78, 5) is 0. The van der Waals surface area contributed by atoms with Crippen LogP contribution in [0.4, 0.5) is 8.78 Å². The average molecular weight is 213 g/mol. The van der Waals surface area contributed by atoms with Crippen molar-refractivity contribution in [2.45, 2.75) is 6.42 Å². The summed E-state index contributed by atoms with van der Waals surface area (Å²) < 4.78 is 30.7. The van der Waals surface area contributed by atoms with E-state index in [0.717, 1.165) is 31.6 Å². The van der Waals surface area contributed by atoms with Crippen LogP contribution in [0.2, 0.25) is 0 Å². The first-order valence-corrected chi connectivity index (χ1v) is 5.04. The van der Waals surface area contributed by atoms with Gasteiger partial charge in [-0.2, -0.15) is 0 Å². The first-order valence-electron chi connectivity index (χ1n) is 5.04. The molecule has 1 saturated heterocycles. The predicted octanol–water partition coefficient (Wildman–Crippen LogP) is 1.95. The lowest BCUT2D eigenvalue weighted by molar-refractivity contribution is 0.237. The number of nitrogens with one attached hydrogen (secondary N) is 1. The maximum atomic E-state index is 12.8. The molecule has 0 aliphatic carbocycles. The molecule has 1 fully saturated rings. The van der Waals surface area contributed by atoms with Crippen LogP contribution >= 0.6 is 0 Å². The molecule has 1 N–H and O–H groups in total. The van der Waals surface area contributed by atoms with Crippen molar-refractivity contribution in [3.63, 3.8) is 0 Å². The van der Waals surface area contributed by atoms with Crippen molar-refractivity contribution in [3.05, 3.63) is 29.8 Å². The van der Waals surface area contributed by atoms with Crippen LogP contribution < -0.4 is 10.1 Å². The Balaban J connectivity index is 1.79. The van der Waals surface area contributed by atoms with Gasteiger partial charge >= 0.3 is 0 Å². The van der Waals surface area contributed by atoms with Gasteiger partial charge in [-0.15, -0.1) is 0 Å². The molecule has 1 aromatic carbocycles. The third-order valence-corrected chi connectivity index (χ3v) is 2.55. The van der Waals surface area contributed by atoms with Crippen LogP contribution in [-0.4, -0.2) is 19.7 Å². The van der Waals surface area contributed by atoms with Crippen molar-refractivity contribution in [2.24, 2.45) is 5.92 Å². The zero-order valence-corrected chi connectivity index (χ0v) is 8.30. The molecule has 0 unspecified atom stereocenters. The Morgan fingerprint density at radius 1 is 1.27 bits per heavy atom. The lowest BCUT2D eigenvalue weighted by atomic mass is 10.0. The Labute approximate surface area is 87.2 Å². The Bertz CT molecular complexity index is 339. The molecule has 1 aliphatic heterocycles. The van der Waals surface area contributed by atoms with Crippen molar-refractivity contribution < 1.29 is 13.5 Å². The highest BCUT2D eigenvalue weighted by Crippen LogP contribution is 2.16. The SMILES string of the molecule is Fc1ccc(OCCC2CNC2)cc1F. The zero-order chi connectivity index (χ0) is 10.7. The predicted molar refractivity (Wildman–Crippen MR) is 52.8 cm³/mol. The van der Waals surface area contributed by atoms with Crippen LogP contribution in [0, 0.1) is 17.6 Å². The molecule has 15 heavy (non-hydrogen) atoms. The highest BCUT2D eigenvalue weighted by atomic mass is 19.2. The Kier molecular flexibility index (Phi) is 3.16. The van der Waals surface area contributed by atoms with Gasteiger partial charge in [-0.05, 0) is 37.6 Å². The highest BCUT2D eigenvalue weighted by Gasteiger charge is 2.16. The zero-order valence-electron chi connectivity index (χ0n) is 8.30. The van der Waals surface area contributed by atoms with E-state index < -0.39 is 11.6 Å². The normalized spacial score (nSPS) is 16.1. The number of halogens is 2. The maximum Gasteiger partial charge on any atom is 0.162 e. The molecular weight excluding hydrogens is 200 g/mol. The third-order valence-electron chi connectivity index (χ3n) is 2.55. The van der Waals surface area contributed by atoms with Crippen LogP contribution in [0.15, 0.2) is 18.2 Å². The van der Waals surface area contributed by atoms with Crippen molar-refractivity contribution >= 4 is 0 Å². The van der Waals surface area contributed by atoms with E-state index in [0.29, 0.717) is 18.3 Å². The second kappa shape index (κ2) is 4.57. The van der Waals surface area contributed by atoms with Gasteiger partial charge in [-0.1, -0.05) is 0 Å². The fourth-order valence-corrected chi connectivity index (χ4v) is 1.46. The van der Waals surface area contributed by atoms with E-state index >= 15 is 0 Å². The summed E-state index contributed by atoms with van der Waals surface area (Å²) in [5.74, 6) is -0.653. The molecule has 0 bridgehead atoms. The highest BCUT2D eigenvalue weighted by molar-refractivity contribution is 5.23. The summed E-state index contributed by atoms with van der Waals surface area (Å²) in [7, 11) is 0. The summed E-state index contributed by atoms with van der Waals surface area (Å²) in [6.07, 6.45) is 0.950. The molecule has 1 aliphatic rings. The first-order chi connectivity index (χ1) is 7.25. The quantitative estimate of drug-likeness (QED) is 0.825. The first kappa shape index (κ1) is 10.4. The lowest BCUT2D eigenvalue weighted by Gasteiger charge is -2.26. The fraction of sp³-hybridized carbons (Fsp3) is 0.455. The van der Waals surface area contributed by atoms with E-state index in [9.17, 15) is 8.78 Å². The van der Waals surface area contributed by atoms with Gasteiger partial charge in [0.25, 0.3) is 0 Å². The minimum atomic E-state index is -0.863. The molecular formula is C11H13F2NO. The Morgan fingerprint density at radius 2 is 2.07 bits per heavy atom. The van der Waals surface area contributed by atoms with Gasteiger partial charge in [0.2, 0.25) is 0 Å². The molecule has 0 spiro atoms. The second-order valence-electron chi connectivity index (χ2n) is 3.74. The van der Waals surface area contributed by atoms with Gasteiger partial charge in [0.1, 0.15) is 5.75 Å². The molecule has 0 aromatic heterocycles. The van der Waals surface area contributed by atoms with E-state index in [1.165, 1.54) is 6.07 Å². The fourth-order valence-electron chi connectivity index (χ4n) is 1.46. The van der Waals surface area contributed by atoms with Crippen LogP contribution in [0.3, 0.4) is 0 Å². The molecule has 1 heterocycles. The summed E-state index contributed by atoms with van der Waals surface area (Å²) >= 11 is 0. The van der Waals surface area contributed by atoms with Crippen molar-refractivity contribution in [2.75, 3.05) is 19.7 Å². The van der Waals surface area contributed by atoms with Crippen molar-refractivity contribution in [1.29, 1.82) is 0 Å². The van der Waals surface area contributed by atoms with Gasteiger partial charge in [0.05, 0.1) is 6.61 Å². The molecule has 0 radical (unpaired) electrons. The van der Waals surface area contributed by atoms with E-state index in [4.69, 9.17) is 4.74 Å². The largest absolute Gasteiger partial charge is 0.493 e. The molecule has 4 heteroatoms. The molecule has 1 aromatic rings. The van der Waals surface area contributed by atoms with E-state index in [-0.39, 0.29) is 0 Å². The van der Waals surface area contributed by atoms with Crippen LogP contribution in [-0.2, 0) is 0 Å². The number of ether oxygens (including phenoxy) is 1. The average Bonchev–Trinajstić information content (AvgIpc) is 2.15. The lowest BCUT2D eigenvalue weighted by Crippen LogP contribution is -2.42. The molecule has 0 saturated carbocycles. The topological polar surface area (TPSA) is 21.3 Å². The van der Waals surface area contributed by atoms with E-state index in [1.54, 1.807) is 0 Å². The van der Waals surface area contributed by atoms with Crippen LogP contribution in [0.25, 0.3) is 0 Å². The van der Waals surface area contributed by atoms with Crippen molar-refractivity contribution in [1.82, 2.24) is 5.32 Å². The molecule has 0 amide bonds. The summed E-state index contributed by atoms with van der Waals surface area (Å²) in [6.45, 7) is 2.61. The van der Waals surface area contributed by atoms with E-state index in [1.807, 2.05) is 0 Å². The smallest absolute Gasteiger partial charge is 0.162 e. The summed E-state index contributed by atoms with van der Waals surface area (Å²) in [6, 6.07) is 3.60. The standard InChI is InChI=1S/C11H13F2NO/c12-10-2-1-9(5-11(10)13)15-4-3-8-6-14-7-8/h1-2,5,8,14H,3-4,6-7H2. The molecule has 2 rings (SSSR count). The number of benzene rings is 1. The van der Waals surface area contributed by atoms with Crippen LogP contribution in [0.1, 0.15) is 6.42 Å². The minimum absolute atomic E-state index is 0.390. The second-order valence-corrected chi connectivity index (χ2v) is 3.74. The number of hydrogen-bond acceptors (Lipinski definition) is 2. The molecule has 0 atom stereocenters. The monoisotopic (exact) mass is 213 g/mol. The number of hydrogen-bond donors (Lipinski definition) is 1. The molecule has 2 nitrogen and oxygen atoms in total. The maximum absolute atomic E-state index is 12.8. The number of rotatable bonds is 4. The Hall–Kier alpha value is -1.16. The van der Waals surface area contributed by atoms with Gasteiger partial charge in [-0.3, -0.25) is 0 Å². The van der Waals surface area contributed by atoms with Gasteiger partial charge < -0.3 is 10.1 Å². The summed E-state index contributed by atoms with van der Waals surface area (Å²) in [5, 5.41) is 3.16. The summed E-state index contributed by atoms with van der Waals surface area (Å²) in [5.41, 5.74) is 0. The third kappa shape index (κ3) is 2.65. The van der Waals surface area contributed by atoms with Gasteiger partial charge in [-0.25, -0.2) is 8.78 Å². The van der Waals surface area contributed by atoms with Crippen molar-refractivity contribution in [3.8, 4) is 5.75 Å². The van der Waals surface area contributed by atoms with Gasteiger partial charge in [0, 0.05) is 6.07 Å². The Morgan fingerprint density at radius 3 is 2.67 bits per heavy atom. The minimum Gasteiger partial charge on any atom is -0.493 e. The van der Waals surface area contributed by atoms with Gasteiger partial charge in [0.15, 0.2) is 11.6 Å². The molecule has 82 valence electrons. The van der Waals surface area contributed by atoms with E-state index in [2.05, 4.69) is 5.32 Å². The van der Waals surface area contributed by atoms with Crippen LogP contribution in [0.5, 0.6) is 5.75 Å².